The predicted octanol–water partition coefficient (Wildman–Crippen LogP) is 0.792. The third-order valence-electron chi connectivity index (χ3n) is 2.50. The zero-order valence-corrected chi connectivity index (χ0v) is 7.35. The average Bonchev–Trinajstić information content (AvgIpc) is 2.25. The van der Waals surface area contributed by atoms with Crippen LogP contribution in [0.1, 0.15) is 19.4 Å². The molecule has 1 radical (unpaired) electrons. The molecule has 2 heteroatoms. The van der Waals surface area contributed by atoms with E-state index in [2.05, 4.69) is 19.9 Å². The van der Waals surface area contributed by atoms with Gasteiger partial charge in [0.05, 0.1) is 6.54 Å². The summed E-state index contributed by atoms with van der Waals surface area (Å²) in [6.07, 6.45) is 0. The van der Waals surface area contributed by atoms with Gasteiger partial charge in [-0.2, -0.15) is 0 Å². The first-order valence-electron chi connectivity index (χ1n) is 4.15. The van der Waals surface area contributed by atoms with Crippen LogP contribution in [-0.2, 0) is 5.41 Å². The second-order valence-corrected chi connectivity index (χ2v) is 3.96. The first-order chi connectivity index (χ1) is 5.61. The van der Waals surface area contributed by atoms with Gasteiger partial charge in [-0.1, -0.05) is 13.8 Å². The van der Waals surface area contributed by atoms with Crippen LogP contribution in [-0.4, -0.2) is 6.54 Å². The highest BCUT2D eigenvalue weighted by Gasteiger charge is 2.35. The van der Waals surface area contributed by atoms with Crippen molar-refractivity contribution in [2.24, 2.45) is 0 Å². The quantitative estimate of drug-likeness (QED) is 0.561. The molecule has 0 aliphatic carbocycles. The van der Waals surface area contributed by atoms with Gasteiger partial charge in [-0.05, 0) is 18.2 Å². The first kappa shape index (κ1) is 7.77. The highest BCUT2D eigenvalue weighted by molar-refractivity contribution is 5.46. The van der Waals surface area contributed by atoms with E-state index in [1.54, 1.807) is 6.07 Å². The Labute approximate surface area is 72.4 Å². The summed E-state index contributed by atoms with van der Waals surface area (Å²) in [6.45, 7) is 4.84. The second-order valence-electron chi connectivity index (χ2n) is 3.96. The lowest BCUT2D eigenvalue weighted by atomic mass is 9.87. The lowest BCUT2D eigenvalue weighted by molar-refractivity contribution is -0.773. The van der Waals surface area contributed by atoms with Crippen LogP contribution in [0.3, 0.4) is 0 Å². The topological polar surface area (TPSA) is 27.5 Å². The molecule has 1 aliphatic rings. The molecule has 0 aromatic heterocycles. The first-order valence-corrected chi connectivity index (χ1v) is 4.15. The lowest BCUT2D eigenvalue weighted by Gasteiger charge is -2.18. The molecule has 0 spiro atoms. The number of hydrogen-bond acceptors (Lipinski definition) is 1. The van der Waals surface area contributed by atoms with E-state index in [9.17, 15) is 5.21 Å². The second kappa shape index (κ2) is 2.31. The molecule has 2 rings (SSSR count). The lowest BCUT2D eigenvalue weighted by Crippen LogP contribution is -3.01. The van der Waals surface area contributed by atoms with Gasteiger partial charge >= 0.3 is 0 Å². The number of fused-ring (bicyclic) bond motifs is 1. The third kappa shape index (κ3) is 0.958. The molecule has 63 valence electrons. The molecule has 12 heavy (non-hydrogen) atoms. The van der Waals surface area contributed by atoms with Crippen LogP contribution in [0.4, 0.5) is 5.69 Å². The molecule has 0 bridgehead atoms. The van der Waals surface area contributed by atoms with Gasteiger partial charge in [0.1, 0.15) is 5.69 Å². The van der Waals surface area contributed by atoms with E-state index in [4.69, 9.17) is 0 Å². The summed E-state index contributed by atoms with van der Waals surface area (Å²) in [6, 6.07) is 8.62. The van der Waals surface area contributed by atoms with Crippen molar-refractivity contribution >= 4 is 5.69 Å². The molecule has 1 N–H and O–H groups in total. The van der Waals surface area contributed by atoms with Gasteiger partial charge < -0.3 is 10.3 Å². The van der Waals surface area contributed by atoms with Crippen molar-refractivity contribution in [1.82, 2.24) is 0 Å². The number of hydrogen-bond donors (Lipinski definition) is 1. The average molecular weight is 162 g/mol. The molecule has 1 unspecified atom stereocenters. The molecular formula is C10H12NO. The molecule has 0 saturated carbocycles. The fourth-order valence-corrected chi connectivity index (χ4v) is 1.83. The SMILES string of the molecule is CC1(C)C[NH+]([O-])c2cc[c]cc21. The molecule has 0 saturated heterocycles. The van der Waals surface area contributed by atoms with Crippen LogP contribution >= 0.6 is 0 Å². The van der Waals surface area contributed by atoms with Crippen molar-refractivity contribution < 1.29 is 5.06 Å². The van der Waals surface area contributed by atoms with E-state index in [0.29, 0.717) is 6.54 Å². The molecule has 0 fully saturated rings. The minimum absolute atomic E-state index is 0.0180. The Morgan fingerprint density at radius 1 is 1.58 bits per heavy atom. The Bertz CT molecular complexity index is 306. The van der Waals surface area contributed by atoms with Crippen LogP contribution in [0, 0.1) is 11.3 Å². The maximum absolute atomic E-state index is 11.5. The molecule has 1 heterocycles. The van der Waals surface area contributed by atoms with Gasteiger partial charge in [0.15, 0.2) is 0 Å². The van der Waals surface area contributed by atoms with E-state index in [0.717, 1.165) is 11.3 Å². The Morgan fingerprint density at radius 3 is 3.00 bits per heavy atom. The van der Waals surface area contributed by atoms with Gasteiger partial charge in [-0.25, -0.2) is 0 Å². The number of hydroxylamine groups is 1. The monoisotopic (exact) mass is 162 g/mol. The summed E-state index contributed by atoms with van der Waals surface area (Å²) < 4.78 is 0. The Morgan fingerprint density at radius 2 is 2.33 bits per heavy atom. The summed E-state index contributed by atoms with van der Waals surface area (Å²) >= 11 is 0. The third-order valence-corrected chi connectivity index (χ3v) is 2.50. The van der Waals surface area contributed by atoms with E-state index in [1.165, 1.54) is 0 Å². The Balaban J connectivity index is 2.58. The molecule has 0 amide bonds. The summed E-state index contributed by atoms with van der Waals surface area (Å²) in [5.74, 6) is 0. The zero-order chi connectivity index (χ0) is 8.77. The van der Waals surface area contributed by atoms with Crippen molar-refractivity contribution in [1.29, 1.82) is 0 Å². The van der Waals surface area contributed by atoms with E-state index in [-0.39, 0.29) is 10.5 Å². The maximum atomic E-state index is 11.5. The van der Waals surface area contributed by atoms with Crippen LogP contribution < -0.4 is 5.06 Å². The summed E-state index contributed by atoms with van der Waals surface area (Å²) in [5, 5.41) is 11.7. The van der Waals surface area contributed by atoms with Crippen LogP contribution in [0.15, 0.2) is 18.2 Å². The van der Waals surface area contributed by atoms with Gasteiger partial charge in [-0.15, -0.1) is 0 Å². The standard InChI is InChI=1S/C10H12NO/c1-10(2)7-11(12)9-6-4-3-5-8(9)10/h4-6,11H,7H2,1-2H3. The van der Waals surface area contributed by atoms with Gasteiger partial charge in [-0.3, -0.25) is 0 Å². The molecule has 1 aromatic carbocycles. The fourth-order valence-electron chi connectivity index (χ4n) is 1.83. The molecule has 2 nitrogen and oxygen atoms in total. The number of benzene rings is 1. The van der Waals surface area contributed by atoms with Crippen molar-refractivity contribution in [3.05, 3.63) is 35.0 Å². The van der Waals surface area contributed by atoms with Crippen molar-refractivity contribution in [2.45, 2.75) is 19.3 Å². The van der Waals surface area contributed by atoms with Crippen molar-refractivity contribution in [3.63, 3.8) is 0 Å². The van der Waals surface area contributed by atoms with Crippen LogP contribution in [0.5, 0.6) is 0 Å². The largest absolute Gasteiger partial charge is 0.629 e. The van der Waals surface area contributed by atoms with Gasteiger partial charge in [0.2, 0.25) is 0 Å². The summed E-state index contributed by atoms with van der Waals surface area (Å²) in [5.41, 5.74) is 2.05. The van der Waals surface area contributed by atoms with Gasteiger partial charge in [0, 0.05) is 17.0 Å². The van der Waals surface area contributed by atoms with E-state index < -0.39 is 0 Å². The van der Waals surface area contributed by atoms with Crippen LogP contribution in [0.25, 0.3) is 0 Å². The summed E-state index contributed by atoms with van der Waals surface area (Å²) in [7, 11) is 0. The number of quaternary nitrogens is 1. The minimum atomic E-state index is 0.0180. The van der Waals surface area contributed by atoms with Crippen molar-refractivity contribution in [2.75, 3.05) is 6.54 Å². The minimum Gasteiger partial charge on any atom is -0.629 e. The van der Waals surface area contributed by atoms with E-state index in [1.807, 2.05) is 12.1 Å². The Kier molecular flexibility index (Phi) is 1.50. The fraction of sp³-hybridized carbons (Fsp3) is 0.400. The van der Waals surface area contributed by atoms with Crippen molar-refractivity contribution in [3.8, 4) is 0 Å². The summed E-state index contributed by atoms with van der Waals surface area (Å²) in [4.78, 5) is 0. The molecular weight excluding hydrogens is 150 g/mol. The normalized spacial score (nSPS) is 25.4. The van der Waals surface area contributed by atoms with E-state index >= 15 is 0 Å². The molecule has 1 aliphatic heterocycles. The molecule has 1 aromatic rings. The van der Waals surface area contributed by atoms with Gasteiger partial charge in [0.25, 0.3) is 0 Å². The molecule has 1 atom stereocenters. The number of nitrogens with one attached hydrogen (secondary N) is 1. The smallest absolute Gasteiger partial charge is 0.135 e. The Hall–Kier alpha value is -0.860. The maximum Gasteiger partial charge on any atom is 0.135 e. The number of rotatable bonds is 0. The highest BCUT2D eigenvalue weighted by atomic mass is 16.5. The highest BCUT2D eigenvalue weighted by Crippen LogP contribution is 2.30. The predicted molar refractivity (Wildman–Crippen MR) is 47.2 cm³/mol. The van der Waals surface area contributed by atoms with Crippen LogP contribution in [0.2, 0.25) is 0 Å². The zero-order valence-electron chi connectivity index (χ0n) is 7.35.